The van der Waals surface area contributed by atoms with Crippen molar-refractivity contribution in [3.63, 3.8) is 0 Å². The van der Waals surface area contributed by atoms with Gasteiger partial charge in [0.05, 0.1) is 0 Å². The van der Waals surface area contributed by atoms with E-state index in [-0.39, 0.29) is 0 Å². The van der Waals surface area contributed by atoms with Crippen molar-refractivity contribution in [1.29, 1.82) is 0 Å². The Hall–Kier alpha value is -0.890. The molecule has 0 saturated heterocycles. The third-order valence-electron chi connectivity index (χ3n) is 3.09. The van der Waals surface area contributed by atoms with Crippen LogP contribution in [0.3, 0.4) is 0 Å². The van der Waals surface area contributed by atoms with E-state index in [1.807, 2.05) is 11.8 Å². The molecule has 92 valence electrons. The fourth-order valence-electron chi connectivity index (χ4n) is 2.19. The van der Waals surface area contributed by atoms with Gasteiger partial charge in [-0.3, -0.25) is 0 Å². The molecule has 0 aliphatic heterocycles. The average molecular weight is 247 g/mol. The molecule has 2 heteroatoms. The molecule has 2 rings (SSSR count). The van der Waals surface area contributed by atoms with E-state index in [0.717, 1.165) is 5.75 Å². The Labute approximate surface area is 108 Å². The van der Waals surface area contributed by atoms with Gasteiger partial charge in [-0.15, -0.1) is 0 Å². The molecular formula is C15H21NS. The molecule has 0 saturated carbocycles. The lowest BCUT2D eigenvalue weighted by Gasteiger charge is -2.08. The first-order chi connectivity index (χ1) is 8.13. The Kier molecular flexibility index (Phi) is 3.82. The van der Waals surface area contributed by atoms with Gasteiger partial charge in [-0.2, -0.15) is 11.8 Å². The highest BCUT2D eigenvalue weighted by molar-refractivity contribution is 7.98. The van der Waals surface area contributed by atoms with Crippen LogP contribution >= 0.6 is 11.8 Å². The van der Waals surface area contributed by atoms with E-state index in [9.17, 15) is 0 Å². The summed E-state index contributed by atoms with van der Waals surface area (Å²) in [4.78, 5) is 0. The molecule has 0 amide bonds. The Morgan fingerprint density at radius 1 is 1.29 bits per heavy atom. The van der Waals surface area contributed by atoms with Crippen LogP contribution in [0.25, 0.3) is 10.9 Å². The maximum atomic E-state index is 2.39. The van der Waals surface area contributed by atoms with Crippen molar-refractivity contribution in [2.45, 2.75) is 39.5 Å². The summed E-state index contributed by atoms with van der Waals surface area (Å²) in [6.07, 6.45) is 2.33. The van der Waals surface area contributed by atoms with Crippen molar-refractivity contribution in [3.05, 3.63) is 35.5 Å². The van der Waals surface area contributed by atoms with E-state index in [1.54, 1.807) is 0 Å². The van der Waals surface area contributed by atoms with Gasteiger partial charge >= 0.3 is 0 Å². The van der Waals surface area contributed by atoms with E-state index in [4.69, 9.17) is 0 Å². The highest BCUT2D eigenvalue weighted by Gasteiger charge is 2.10. The Bertz CT molecular complexity index is 511. The smallest absolute Gasteiger partial charge is 0.0486 e. The minimum absolute atomic E-state index is 0.528. The van der Waals surface area contributed by atoms with Gasteiger partial charge in [0.15, 0.2) is 0 Å². The molecule has 0 aliphatic rings. The largest absolute Gasteiger partial charge is 0.345 e. The van der Waals surface area contributed by atoms with Crippen LogP contribution in [0.4, 0.5) is 0 Å². The number of fused-ring (bicyclic) bond motifs is 1. The number of hydrogen-bond donors (Lipinski definition) is 0. The second-order valence-electron chi connectivity index (χ2n) is 4.81. The quantitative estimate of drug-likeness (QED) is 0.752. The van der Waals surface area contributed by atoms with Gasteiger partial charge in [0, 0.05) is 28.9 Å². The topological polar surface area (TPSA) is 4.93 Å². The first kappa shape index (κ1) is 12.6. The summed E-state index contributed by atoms with van der Waals surface area (Å²) in [5, 5.41) is 1.43. The first-order valence-corrected chi connectivity index (χ1v) is 7.46. The molecule has 0 atom stereocenters. The monoisotopic (exact) mass is 247 g/mol. The molecule has 0 fully saturated rings. The minimum atomic E-state index is 0.528. The summed E-state index contributed by atoms with van der Waals surface area (Å²) in [5.74, 6) is 2.30. The molecule has 0 spiro atoms. The van der Waals surface area contributed by atoms with Gasteiger partial charge in [-0.05, 0) is 44.2 Å². The maximum absolute atomic E-state index is 2.39. The van der Waals surface area contributed by atoms with Gasteiger partial charge in [0.25, 0.3) is 0 Å². The zero-order chi connectivity index (χ0) is 12.4. The van der Waals surface area contributed by atoms with E-state index in [0.29, 0.717) is 6.04 Å². The van der Waals surface area contributed by atoms with Crippen LogP contribution in [0.15, 0.2) is 24.4 Å². The molecule has 0 N–H and O–H groups in total. The van der Waals surface area contributed by atoms with Crippen LogP contribution in [0.1, 0.15) is 37.9 Å². The fraction of sp³-hybridized carbons (Fsp3) is 0.467. The molecule has 1 aromatic carbocycles. The van der Waals surface area contributed by atoms with Gasteiger partial charge in [-0.1, -0.05) is 18.6 Å². The third-order valence-corrected chi connectivity index (χ3v) is 4.01. The number of thioether (sulfide) groups is 1. The van der Waals surface area contributed by atoms with Gasteiger partial charge in [0.2, 0.25) is 0 Å². The predicted molar refractivity (Wildman–Crippen MR) is 78.9 cm³/mol. The summed E-state index contributed by atoms with van der Waals surface area (Å²) >= 11 is 1.99. The number of rotatable bonds is 4. The van der Waals surface area contributed by atoms with Crippen LogP contribution in [0.5, 0.6) is 0 Å². The SMILES string of the molecule is CCSCc1cn(C(C)C)c2ccc(C)cc12. The van der Waals surface area contributed by atoms with Crippen LogP contribution in [-0.4, -0.2) is 10.3 Å². The van der Waals surface area contributed by atoms with Crippen LogP contribution in [-0.2, 0) is 5.75 Å². The molecule has 0 bridgehead atoms. The second kappa shape index (κ2) is 5.18. The summed E-state index contributed by atoms with van der Waals surface area (Å²) in [7, 11) is 0. The summed E-state index contributed by atoms with van der Waals surface area (Å²) in [6, 6.07) is 7.31. The molecular weight excluding hydrogens is 226 g/mol. The van der Waals surface area contributed by atoms with Crippen molar-refractivity contribution in [3.8, 4) is 0 Å². The normalized spacial score (nSPS) is 11.6. The lowest BCUT2D eigenvalue weighted by Crippen LogP contribution is -1.97. The Morgan fingerprint density at radius 2 is 2.06 bits per heavy atom. The zero-order valence-corrected chi connectivity index (χ0v) is 12.0. The molecule has 1 aromatic heterocycles. The van der Waals surface area contributed by atoms with Crippen molar-refractivity contribution in [2.75, 3.05) is 5.75 Å². The van der Waals surface area contributed by atoms with Crippen molar-refractivity contribution in [1.82, 2.24) is 4.57 Å². The van der Waals surface area contributed by atoms with E-state index in [1.165, 1.54) is 27.8 Å². The molecule has 0 radical (unpaired) electrons. The van der Waals surface area contributed by atoms with Crippen LogP contribution < -0.4 is 0 Å². The highest BCUT2D eigenvalue weighted by atomic mass is 32.2. The molecule has 0 unspecified atom stereocenters. The number of hydrogen-bond acceptors (Lipinski definition) is 1. The maximum Gasteiger partial charge on any atom is 0.0486 e. The van der Waals surface area contributed by atoms with E-state index >= 15 is 0 Å². The van der Waals surface area contributed by atoms with E-state index < -0.39 is 0 Å². The molecule has 1 heterocycles. The summed E-state index contributed by atoms with van der Waals surface area (Å²) < 4.78 is 2.39. The van der Waals surface area contributed by atoms with E-state index in [2.05, 4.69) is 56.7 Å². The lowest BCUT2D eigenvalue weighted by molar-refractivity contribution is 0.621. The first-order valence-electron chi connectivity index (χ1n) is 6.31. The van der Waals surface area contributed by atoms with Crippen molar-refractivity contribution >= 4 is 22.7 Å². The summed E-state index contributed by atoms with van der Waals surface area (Å²) in [5.41, 5.74) is 4.20. The average Bonchev–Trinajstić information content (AvgIpc) is 2.64. The number of aromatic nitrogens is 1. The number of aryl methyl sites for hydroxylation is 1. The van der Waals surface area contributed by atoms with Crippen LogP contribution in [0.2, 0.25) is 0 Å². The minimum Gasteiger partial charge on any atom is -0.345 e. The van der Waals surface area contributed by atoms with Crippen molar-refractivity contribution in [2.24, 2.45) is 0 Å². The highest BCUT2D eigenvalue weighted by Crippen LogP contribution is 2.28. The van der Waals surface area contributed by atoms with Gasteiger partial charge in [0.1, 0.15) is 0 Å². The summed E-state index contributed by atoms with van der Waals surface area (Å²) in [6.45, 7) is 8.88. The van der Waals surface area contributed by atoms with Gasteiger partial charge < -0.3 is 4.57 Å². The van der Waals surface area contributed by atoms with Gasteiger partial charge in [-0.25, -0.2) is 0 Å². The molecule has 0 aliphatic carbocycles. The van der Waals surface area contributed by atoms with Crippen LogP contribution in [0, 0.1) is 6.92 Å². The van der Waals surface area contributed by atoms with Crippen molar-refractivity contribution < 1.29 is 0 Å². The fourth-order valence-corrected chi connectivity index (χ4v) is 2.85. The Morgan fingerprint density at radius 3 is 2.71 bits per heavy atom. The number of nitrogens with zero attached hydrogens (tertiary/aromatic N) is 1. The second-order valence-corrected chi connectivity index (χ2v) is 6.09. The third kappa shape index (κ3) is 2.52. The predicted octanol–water partition coefficient (Wildman–Crippen LogP) is 4.78. The zero-order valence-electron chi connectivity index (χ0n) is 11.2. The standard InChI is InChI=1S/C15H21NS/c1-5-17-10-13-9-16(11(2)3)15-7-6-12(4)8-14(13)15/h6-9,11H,5,10H2,1-4H3. The Balaban J connectivity index is 2.54. The molecule has 2 aromatic rings. The number of benzene rings is 1. The molecule has 1 nitrogen and oxygen atoms in total. The lowest BCUT2D eigenvalue weighted by atomic mass is 10.1. The molecule has 17 heavy (non-hydrogen) atoms.